The molecule has 0 aliphatic carbocycles. The van der Waals surface area contributed by atoms with E-state index in [0.29, 0.717) is 44.5 Å². The molecule has 1 aliphatic rings. The van der Waals surface area contributed by atoms with Crippen molar-refractivity contribution in [3.63, 3.8) is 0 Å². The van der Waals surface area contributed by atoms with Crippen molar-refractivity contribution in [2.24, 2.45) is 0 Å². The smallest absolute Gasteiger partial charge is 0.317 e. The van der Waals surface area contributed by atoms with Crippen LogP contribution in [0.4, 0.5) is 10.6 Å². The fourth-order valence-corrected chi connectivity index (χ4v) is 4.30. The number of methoxy groups -OCH3 is 1. The van der Waals surface area contributed by atoms with Crippen LogP contribution >= 0.6 is 11.6 Å². The highest BCUT2D eigenvalue weighted by Crippen LogP contribution is 2.24. The molecule has 1 atom stereocenters. The average Bonchev–Trinajstić information content (AvgIpc) is 3.46. The number of carbonyl (C=O) groups is 2. The third-order valence-electron chi connectivity index (χ3n) is 6.07. The topological polar surface area (TPSA) is 118 Å². The molecule has 0 spiro atoms. The van der Waals surface area contributed by atoms with Gasteiger partial charge in [-0.1, -0.05) is 30.7 Å². The first-order chi connectivity index (χ1) is 18.0. The van der Waals surface area contributed by atoms with E-state index in [1.165, 1.54) is 0 Å². The number of ether oxygens (including phenoxy) is 1. The second-order valence-electron chi connectivity index (χ2n) is 8.67. The summed E-state index contributed by atoms with van der Waals surface area (Å²) < 4.78 is 6.86. The summed E-state index contributed by atoms with van der Waals surface area (Å²) in [6.45, 7) is 4.34. The minimum absolute atomic E-state index is 0.128. The van der Waals surface area contributed by atoms with Gasteiger partial charge in [0.25, 0.3) is 0 Å². The van der Waals surface area contributed by atoms with Gasteiger partial charge in [0, 0.05) is 57.6 Å². The molecule has 1 unspecified atom stereocenters. The van der Waals surface area contributed by atoms with Crippen LogP contribution in [-0.2, 0) is 11.3 Å². The molecule has 1 fully saturated rings. The van der Waals surface area contributed by atoms with Crippen molar-refractivity contribution >= 4 is 29.4 Å². The maximum Gasteiger partial charge on any atom is 0.317 e. The van der Waals surface area contributed by atoms with Crippen LogP contribution in [0.2, 0.25) is 5.15 Å². The van der Waals surface area contributed by atoms with E-state index in [4.69, 9.17) is 16.3 Å². The van der Waals surface area contributed by atoms with Crippen LogP contribution in [0.1, 0.15) is 25.3 Å². The Morgan fingerprint density at radius 3 is 2.68 bits per heavy atom. The molecule has 0 radical (unpaired) electrons. The number of imidazole rings is 1. The fourth-order valence-electron chi connectivity index (χ4n) is 4.12. The highest BCUT2D eigenvalue weighted by Gasteiger charge is 2.32. The number of hydrogen-bond donors (Lipinski definition) is 2. The van der Waals surface area contributed by atoms with Gasteiger partial charge >= 0.3 is 6.03 Å². The molecule has 196 valence electrons. The first-order valence-electron chi connectivity index (χ1n) is 12.2. The van der Waals surface area contributed by atoms with E-state index in [1.54, 1.807) is 41.4 Å². The SMILES string of the molecule is CCCNC(=O)N1CCN(c2cc(Cl)nc(-n3ccnc3)n2)C(CC(=O)NCc2ccc(OC)cc2)C1. The average molecular weight is 527 g/mol. The number of nitrogens with one attached hydrogen (secondary N) is 2. The summed E-state index contributed by atoms with van der Waals surface area (Å²) in [5.74, 6) is 1.60. The first-order valence-corrected chi connectivity index (χ1v) is 12.6. The number of piperazine rings is 1. The summed E-state index contributed by atoms with van der Waals surface area (Å²) in [6.07, 6.45) is 5.98. The van der Waals surface area contributed by atoms with Gasteiger partial charge < -0.3 is 25.2 Å². The number of halogens is 1. The van der Waals surface area contributed by atoms with Gasteiger partial charge in [0.2, 0.25) is 11.9 Å². The zero-order valence-corrected chi connectivity index (χ0v) is 21.7. The lowest BCUT2D eigenvalue weighted by atomic mass is 10.1. The normalized spacial score (nSPS) is 15.4. The van der Waals surface area contributed by atoms with Crippen LogP contribution in [0, 0.1) is 0 Å². The number of hydrogen-bond acceptors (Lipinski definition) is 7. The third kappa shape index (κ3) is 6.88. The van der Waals surface area contributed by atoms with Gasteiger partial charge in [0.15, 0.2) is 0 Å². The Kier molecular flexibility index (Phi) is 8.78. The molecule has 1 aromatic carbocycles. The molecule has 0 bridgehead atoms. The van der Waals surface area contributed by atoms with Crippen molar-refractivity contribution in [3.05, 3.63) is 59.8 Å². The lowest BCUT2D eigenvalue weighted by Crippen LogP contribution is -2.58. The summed E-state index contributed by atoms with van der Waals surface area (Å²) in [5, 5.41) is 6.18. The van der Waals surface area contributed by atoms with Crippen molar-refractivity contribution < 1.29 is 14.3 Å². The van der Waals surface area contributed by atoms with Crippen molar-refractivity contribution in [2.75, 3.05) is 38.2 Å². The number of urea groups is 1. The second kappa shape index (κ2) is 12.4. The monoisotopic (exact) mass is 526 g/mol. The Hall–Kier alpha value is -3.86. The Bertz CT molecular complexity index is 1190. The summed E-state index contributed by atoms with van der Waals surface area (Å²) in [6, 6.07) is 8.76. The maximum absolute atomic E-state index is 13.0. The van der Waals surface area contributed by atoms with Crippen LogP contribution < -0.4 is 20.3 Å². The highest BCUT2D eigenvalue weighted by molar-refractivity contribution is 6.29. The predicted octanol–water partition coefficient (Wildman–Crippen LogP) is 2.64. The van der Waals surface area contributed by atoms with Crippen molar-refractivity contribution in [1.29, 1.82) is 0 Å². The quantitative estimate of drug-likeness (QED) is 0.411. The van der Waals surface area contributed by atoms with Gasteiger partial charge in [-0.2, -0.15) is 4.98 Å². The molecular weight excluding hydrogens is 496 g/mol. The van der Waals surface area contributed by atoms with E-state index in [0.717, 1.165) is 17.7 Å². The Morgan fingerprint density at radius 1 is 1.16 bits per heavy atom. The first kappa shape index (κ1) is 26.2. The molecule has 1 aliphatic heterocycles. The summed E-state index contributed by atoms with van der Waals surface area (Å²) >= 11 is 6.34. The lowest BCUT2D eigenvalue weighted by Gasteiger charge is -2.42. The van der Waals surface area contributed by atoms with E-state index >= 15 is 0 Å². The molecule has 0 saturated carbocycles. The molecule has 37 heavy (non-hydrogen) atoms. The van der Waals surface area contributed by atoms with E-state index in [1.807, 2.05) is 36.1 Å². The summed E-state index contributed by atoms with van der Waals surface area (Å²) in [5.41, 5.74) is 0.961. The van der Waals surface area contributed by atoms with Gasteiger partial charge in [-0.05, 0) is 24.1 Å². The van der Waals surface area contributed by atoms with E-state index in [2.05, 4.69) is 25.6 Å². The molecule has 3 heterocycles. The van der Waals surface area contributed by atoms with Crippen LogP contribution in [0.15, 0.2) is 49.1 Å². The zero-order valence-electron chi connectivity index (χ0n) is 20.9. The number of anilines is 1. The van der Waals surface area contributed by atoms with Gasteiger partial charge in [-0.25, -0.2) is 14.8 Å². The minimum Gasteiger partial charge on any atom is -0.497 e. The summed E-state index contributed by atoms with van der Waals surface area (Å²) in [7, 11) is 1.61. The Labute approximate surface area is 220 Å². The van der Waals surface area contributed by atoms with Crippen molar-refractivity contribution in [2.45, 2.75) is 32.4 Å². The van der Waals surface area contributed by atoms with Crippen molar-refractivity contribution in [1.82, 2.24) is 35.1 Å². The number of carbonyl (C=O) groups excluding carboxylic acids is 2. The minimum atomic E-state index is -0.307. The predicted molar refractivity (Wildman–Crippen MR) is 140 cm³/mol. The molecule has 11 nitrogen and oxygen atoms in total. The van der Waals surface area contributed by atoms with E-state index in [9.17, 15) is 9.59 Å². The number of benzene rings is 1. The van der Waals surface area contributed by atoms with Crippen molar-refractivity contribution in [3.8, 4) is 11.7 Å². The van der Waals surface area contributed by atoms with Crippen LogP contribution in [0.25, 0.3) is 5.95 Å². The Morgan fingerprint density at radius 2 is 1.97 bits per heavy atom. The zero-order chi connectivity index (χ0) is 26.2. The van der Waals surface area contributed by atoms with E-state index < -0.39 is 0 Å². The molecule has 3 amide bonds. The lowest BCUT2D eigenvalue weighted by molar-refractivity contribution is -0.121. The largest absolute Gasteiger partial charge is 0.497 e. The van der Waals surface area contributed by atoms with Crippen LogP contribution in [0.5, 0.6) is 5.75 Å². The number of aromatic nitrogens is 4. The fraction of sp³-hybridized carbons (Fsp3) is 0.400. The van der Waals surface area contributed by atoms with Gasteiger partial charge in [-0.15, -0.1) is 0 Å². The molecule has 2 aromatic heterocycles. The van der Waals surface area contributed by atoms with Crippen LogP contribution in [0.3, 0.4) is 0 Å². The molecule has 3 aromatic rings. The number of nitrogens with zero attached hydrogens (tertiary/aromatic N) is 6. The number of rotatable bonds is 9. The van der Waals surface area contributed by atoms with E-state index in [-0.39, 0.29) is 29.6 Å². The standard InChI is InChI=1S/C25H31ClN8O3/c1-3-8-28-25(36)32-11-12-34(22-14-21(26)30-24(31-22)33-10-9-27-17-33)19(16-32)13-23(35)29-15-18-4-6-20(37-2)7-5-18/h4-7,9-10,14,17,19H,3,8,11-13,15-16H2,1-2H3,(H,28,36)(H,29,35). The number of amides is 3. The third-order valence-corrected chi connectivity index (χ3v) is 6.26. The van der Waals surface area contributed by atoms with Gasteiger partial charge in [-0.3, -0.25) is 9.36 Å². The molecular formula is C25H31ClN8O3. The second-order valence-corrected chi connectivity index (χ2v) is 9.06. The summed E-state index contributed by atoms with van der Waals surface area (Å²) in [4.78, 5) is 42.5. The van der Waals surface area contributed by atoms with Gasteiger partial charge in [0.1, 0.15) is 23.0 Å². The van der Waals surface area contributed by atoms with Crippen LogP contribution in [-0.4, -0.2) is 75.7 Å². The molecule has 4 rings (SSSR count). The maximum atomic E-state index is 13.0. The van der Waals surface area contributed by atoms with Gasteiger partial charge in [0.05, 0.1) is 13.2 Å². The molecule has 12 heteroatoms. The Balaban J connectivity index is 1.50. The molecule has 2 N–H and O–H groups in total. The molecule has 1 saturated heterocycles. The highest BCUT2D eigenvalue weighted by atomic mass is 35.5.